The largest absolute Gasteiger partial charge is 0.374 e. The summed E-state index contributed by atoms with van der Waals surface area (Å²) in [7, 11) is 0. The first kappa shape index (κ1) is 11.5. The number of hydrogen-bond donors (Lipinski definition) is 1. The highest BCUT2D eigenvalue weighted by atomic mass is 32.1. The zero-order valence-electron chi connectivity index (χ0n) is 9.40. The molecule has 0 aromatic rings. The van der Waals surface area contributed by atoms with Gasteiger partial charge in [0, 0.05) is 5.25 Å². The van der Waals surface area contributed by atoms with Gasteiger partial charge in [-0.15, -0.1) is 0 Å². The molecule has 0 heterocycles. The van der Waals surface area contributed by atoms with E-state index in [1.165, 1.54) is 32.1 Å². The molecule has 1 fully saturated rings. The predicted molar refractivity (Wildman–Crippen MR) is 67.5 cm³/mol. The van der Waals surface area contributed by atoms with Crippen LogP contribution in [0.25, 0.3) is 0 Å². The van der Waals surface area contributed by atoms with Crippen LogP contribution >= 0.6 is 12.6 Å². The van der Waals surface area contributed by atoms with Crippen LogP contribution in [0, 0.1) is 5.92 Å². The molecule has 0 aliphatic heterocycles. The second kappa shape index (κ2) is 5.95. The Morgan fingerprint density at radius 2 is 1.80 bits per heavy atom. The fourth-order valence-electron chi connectivity index (χ4n) is 2.53. The van der Waals surface area contributed by atoms with E-state index < -0.39 is 0 Å². The Balaban J connectivity index is 1.66. The van der Waals surface area contributed by atoms with Gasteiger partial charge in [0.2, 0.25) is 0 Å². The van der Waals surface area contributed by atoms with Crippen LogP contribution in [0.2, 0.25) is 0 Å². The molecule has 2 atom stereocenters. The molecule has 2 aliphatic carbocycles. The summed E-state index contributed by atoms with van der Waals surface area (Å²) >= 11 is 4.43. The van der Waals surface area contributed by atoms with Gasteiger partial charge in [-0.3, -0.25) is 0 Å². The van der Waals surface area contributed by atoms with Gasteiger partial charge < -0.3 is 4.74 Å². The SMILES string of the molecule is SC1C=CC(OCC2CCCCC2)CC1. The van der Waals surface area contributed by atoms with Gasteiger partial charge in [-0.05, 0) is 31.6 Å². The first-order chi connectivity index (χ1) is 7.34. The Kier molecular flexibility index (Phi) is 4.58. The molecule has 2 heteroatoms. The maximum Gasteiger partial charge on any atom is 0.0756 e. The number of ether oxygens (including phenoxy) is 1. The molecule has 0 N–H and O–H groups in total. The third-order valence-corrected chi connectivity index (χ3v) is 4.00. The average molecular weight is 226 g/mol. The minimum absolute atomic E-state index is 0.371. The van der Waals surface area contributed by atoms with Gasteiger partial charge in [-0.1, -0.05) is 31.4 Å². The zero-order chi connectivity index (χ0) is 10.5. The molecule has 15 heavy (non-hydrogen) atoms. The van der Waals surface area contributed by atoms with E-state index in [9.17, 15) is 0 Å². The molecule has 2 unspecified atom stereocenters. The number of thiol groups is 1. The van der Waals surface area contributed by atoms with Gasteiger partial charge >= 0.3 is 0 Å². The zero-order valence-corrected chi connectivity index (χ0v) is 10.3. The lowest BCUT2D eigenvalue weighted by molar-refractivity contribution is 0.0395. The molecule has 2 aliphatic rings. The standard InChI is InChI=1S/C13H22OS/c15-13-8-6-12(7-9-13)14-10-11-4-2-1-3-5-11/h6,8,11-13,15H,1-5,7,9-10H2. The van der Waals surface area contributed by atoms with E-state index >= 15 is 0 Å². The van der Waals surface area contributed by atoms with Gasteiger partial charge in [0.25, 0.3) is 0 Å². The van der Waals surface area contributed by atoms with E-state index in [-0.39, 0.29) is 0 Å². The molecule has 86 valence electrons. The van der Waals surface area contributed by atoms with Crippen molar-refractivity contribution in [1.82, 2.24) is 0 Å². The van der Waals surface area contributed by atoms with Crippen molar-refractivity contribution in [3.63, 3.8) is 0 Å². The first-order valence-electron chi connectivity index (χ1n) is 6.32. The van der Waals surface area contributed by atoms with Crippen molar-refractivity contribution in [2.45, 2.75) is 56.3 Å². The van der Waals surface area contributed by atoms with E-state index in [0.717, 1.165) is 25.4 Å². The highest BCUT2D eigenvalue weighted by Crippen LogP contribution is 2.25. The summed E-state index contributed by atoms with van der Waals surface area (Å²) in [5.41, 5.74) is 0. The fraction of sp³-hybridized carbons (Fsp3) is 0.846. The summed E-state index contributed by atoms with van der Waals surface area (Å²) in [5.74, 6) is 0.834. The Bertz CT molecular complexity index is 209. The molecule has 2 rings (SSSR count). The minimum atomic E-state index is 0.371. The fourth-order valence-corrected chi connectivity index (χ4v) is 2.78. The lowest BCUT2D eigenvalue weighted by atomic mass is 9.90. The number of rotatable bonds is 3. The van der Waals surface area contributed by atoms with Crippen molar-refractivity contribution in [3.8, 4) is 0 Å². The van der Waals surface area contributed by atoms with Crippen LogP contribution < -0.4 is 0 Å². The predicted octanol–water partition coefficient (Wildman–Crippen LogP) is 3.60. The molecule has 1 nitrogen and oxygen atoms in total. The Hall–Kier alpha value is 0.0500. The van der Waals surface area contributed by atoms with Gasteiger partial charge in [0.05, 0.1) is 12.7 Å². The molecule has 0 amide bonds. The van der Waals surface area contributed by atoms with Crippen molar-refractivity contribution in [2.24, 2.45) is 5.92 Å². The third kappa shape index (κ3) is 3.84. The molecule has 0 saturated heterocycles. The summed E-state index contributed by atoms with van der Waals surface area (Å²) in [4.78, 5) is 0. The van der Waals surface area contributed by atoms with Crippen LogP contribution in [-0.4, -0.2) is 18.0 Å². The monoisotopic (exact) mass is 226 g/mol. The molecular formula is C13H22OS. The average Bonchev–Trinajstić information content (AvgIpc) is 2.30. The molecule has 0 aromatic carbocycles. The highest BCUT2D eigenvalue weighted by Gasteiger charge is 2.17. The van der Waals surface area contributed by atoms with Crippen molar-refractivity contribution in [1.29, 1.82) is 0 Å². The minimum Gasteiger partial charge on any atom is -0.374 e. The molecule has 0 spiro atoms. The smallest absolute Gasteiger partial charge is 0.0756 e. The van der Waals surface area contributed by atoms with E-state index in [2.05, 4.69) is 24.8 Å². The third-order valence-electron chi connectivity index (χ3n) is 3.57. The number of hydrogen-bond acceptors (Lipinski definition) is 2. The Morgan fingerprint density at radius 1 is 1.00 bits per heavy atom. The topological polar surface area (TPSA) is 9.23 Å². The second-order valence-electron chi connectivity index (χ2n) is 4.91. The Labute approximate surface area is 98.7 Å². The second-order valence-corrected chi connectivity index (χ2v) is 5.57. The normalized spacial score (nSPS) is 33.1. The summed E-state index contributed by atoms with van der Waals surface area (Å²) < 4.78 is 5.95. The maximum absolute atomic E-state index is 5.95. The van der Waals surface area contributed by atoms with E-state index in [4.69, 9.17) is 4.74 Å². The van der Waals surface area contributed by atoms with E-state index in [1.54, 1.807) is 0 Å². The van der Waals surface area contributed by atoms with Crippen molar-refractivity contribution in [2.75, 3.05) is 6.61 Å². The summed E-state index contributed by atoms with van der Waals surface area (Å²) in [6.45, 7) is 0.978. The summed E-state index contributed by atoms with van der Waals surface area (Å²) in [5, 5.41) is 0.458. The van der Waals surface area contributed by atoms with Gasteiger partial charge in [0.15, 0.2) is 0 Å². The van der Waals surface area contributed by atoms with Crippen LogP contribution in [0.3, 0.4) is 0 Å². The van der Waals surface area contributed by atoms with E-state index in [0.29, 0.717) is 11.4 Å². The van der Waals surface area contributed by atoms with Crippen LogP contribution in [-0.2, 0) is 4.74 Å². The highest BCUT2D eigenvalue weighted by molar-refractivity contribution is 7.81. The molecule has 0 radical (unpaired) electrons. The van der Waals surface area contributed by atoms with E-state index in [1.807, 2.05) is 0 Å². The van der Waals surface area contributed by atoms with Crippen LogP contribution in [0.4, 0.5) is 0 Å². The maximum atomic E-state index is 5.95. The lowest BCUT2D eigenvalue weighted by Crippen LogP contribution is -2.21. The van der Waals surface area contributed by atoms with Crippen LogP contribution in [0.15, 0.2) is 12.2 Å². The quantitative estimate of drug-likeness (QED) is 0.571. The Morgan fingerprint density at radius 3 is 2.47 bits per heavy atom. The van der Waals surface area contributed by atoms with Gasteiger partial charge in [-0.25, -0.2) is 0 Å². The van der Waals surface area contributed by atoms with Gasteiger partial charge in [-0.2, -0.15) is 12.6 Å². The van der Waals surface area contributed by atoms with Gasteiger partial charge in [0.1, 0.15) is 0 Å². The molecular weight excluding hydrogens is 204 g/mol. The van der Waals surface area contributed by atoms with Crippen molar-refractivity contribution < 1.29 is 4.74 Å². The lowest BCUT2D eigenvalue weighted by Gasteiger charge is -2.25. The summed E-state index contributed by atoms with van der Waals surface area (Å²) in [6, 6.07) is 0. The van der Waals surface area contributed by atoms with Crippen LogP contribution in [0.5, 0.6) is 0 Å². The molecule has 0 aromatic heterocycles. The summed E-state index contributed by atoms with van der Waals surface area (Å²) in [6.07, 6.45) is 14.1. The van der Waals surface area contributed by atoms with Crippen molar-refractivity contribution >= 4 is 12.6 Å². The molecule has 1 saturated carbocycles. The van der Waals surface area contributed by atoms with Crippen LogP contribution in [0.1, 0.15) is 44.9 Å². The first-order valence-corrected chi connectivity index (χ1v) is 6.84. The molecule has 0 bridgehead atoms. The van der Waals surface area contributed by atoms with Crippen molar-refractivity contribution in [3.05, 3.63) is 12.2 Å².